The number of carbonyl (C=O) groups is 1. The van der Waals surface area contributed by atoms with Crippen molar-refractivity contribution in [1.82, 2.24) is 5.32 Å². The van der Waals surface area contributed by atoms with Gasteiger partial charge in [0.15, 0.2) is 0 Å². The van der Waals surface area contributed by atoms with Gasteiger partial charge in [-0.25, -0.2) is 0 Å². The highest BCUT2D eigenvalue weighted by atomic mass is 16.4. The predicted molar refractivity (Wildman–Crippen MR) is 93.5 cm³/mol. The van der Waals surface area contributed by atoms with Crippen molar-refractivity contribution in [3.05, 3.63) is 71.3 Å². The van der Waals surface area contributed by atoms with Crippen LogP contribution in [0.25, 0.3) is 0 Å². The normalized spacial score (nSPS) is 12.0. The van der Waals surface area contributed by atoms with Crippen LogP contribution in [0.4, 0.5) is 0 Å². The maximum Gasteiger partial charge on any atom is 0.303 e. The zero-order valence-electron chi connectivity index (χ0n) is 13.7. The summed E-state index contributed by atoms with van der Waals surface area (Å²) in [5, 5.41) is 12.5. The van der Waals surface area contributed by atoms with E-state index in [9.17, 15) is 4.79 Å². The highest BCUT2D eigenvalue weighted by molar-refractivity contribution is 5.66. The van der Waals surface area contributed by atoms with E-state index in [-0.39, 0.29) is 12.5 Å². The molecule has 1 unspecified atom stereocenters. The lowest BCUT2D eigenvalue weighted by molar-refractivity contribution is -0.137. The Labute approximate surface area is 138 Å². The standard InChI is InChI=1S/C20H25NO2/c1-2-16-8-10-18(11-9-16)15-21-19(12-13-20(22)23)14-17-6-4-3-5-7-17/h3-11,19,21H,2,12-15H2,1H3,(H,22,23). The number of hydrogen-bond donors (Lipinski definition) is 2. The molecule has 1 atom stereocenters. The Morgan fingerprint density at radius 3 is 2.26 bits per heavy atom. The van der Waals surface area contributed by atoms with E-state index in [1.165, 1.54) is 16.7 Å². The Morgan fingerprint density at radius 1 is 1.00 bits per heavy atom. The molecule has 0 saturated heterocycles. The summed E-state index contributed by atoms with van der Waals surface area (Å²) in [4.78, 5) is 10.9. The van der Waals surface area contributed by atoms with Crippen LogP contribution >= 0.6 is 0 Å². The lowest BCUT2D eigenvalue weighted by Crippen LogP contribution is -2.31. The molecule has 2 aromatic carbocycles. The van der Waals surface area contributed by atoms with Gasteiger partial charge in [-0.2, -0.15) is 0 Å². The van der Waals surface area contributed by atoms with Crippen LogP contribution in [0.5, 0.6) is 0 Å². The van der Waals surface area contributed by atoms with Crippen LogP contribution in [0.3, 0.4) is 0 Å². The van der Waals surface area contributed by atoms with Gasteiger partial charge in [0.25, 0.3) is 0 Å². The van der Waals surface area contributed by atoms with Gasteiger partial charge in [0.05, 0.1) is 0 Å². The molecule has 0 aliphatic rings. The summed E-state index contributed by atoms with van der Waals surface area (Å²) in [5.41, 5.74) is 3.80. The molecule has 0 aromatic heterocycles. The molecule has 2 aromatic rings. The minimum atomic E-state index is -0.739. The van der Waals surface area contributed by atoms with Crippen molar-refractivity contribution in [1.29, 1.82) is 0 Å². The highest BCUT2D eigenvalue weighted by Gasteiger charge is 2.11. The first-order valence-corrected chi connectivity index (χ1v) is 8.24. The van der Waals surface area contributed by atoms with Crippen LogP contribution in [0.1, 0.15) is 36.5 Å². The fourth-order valence-electron chi connectivity index (χ4n) is 2.63. The zero-order chi connectivity index (χ0) is 16.5. The molecular weight excluding hydrogens is 286 g/mol. The largest absolute Gasteiger partial charge is 0.481 e. The zero-order valence-corrected chi connectivity index (χ0v) is 13.7. The van der Waals surface area contributed by atoms with E-state index in [0.29, 0.717) is 6.42 Å². The average molecular weight is 311 g/mol. The number of hydrogen-bond acceptors (Lipinski definition) is 2. The Morgan fingerprint density at radius 2 is 1.65 bits per heavy atom. The molecule has 23 heavy (non-hydrogen) atoms. The molecule has 0 spiro atoms. The molecule has 3 heteroatoms. The van der Waals surface area contributed by atoms with Gasteiger partial charge in [-0.1, -0.05) is 61.5 Å². The molecule has 2 rings (SSSR count). The Balaban J connectivity index is 1.94. The highest BCUT2D eigenvalue weighted by Crippen LogP contribution is 2.10. The van der Waals surface area contributed by atoms with Crippen LogP contribution in [0.2, 0.25) is 0 Å². The third-order valence-electron chi connectivity index (χ3n) is 4.06. The van der Waals surface area contributed by atoms with Crippen molar-refractivity contribution in [3.8, 4) is 0 Å². The molecule has 0 fully saturated rings. The summed E-state index contributed by atoms with van der Waals surface area (Å²) < 4.78 is 0. The van der Waals surface area contributed by atoms with Crippen molar-refractivity contribution in [2.24, 2.45) is 0 Å². The van der Waals surface area contributed by atoms with Gasteiger partial charge in [-0.15, -0.1) is 0 Å². The molecule has 3 nitrogen and oxygen atoms in total. The molecule has 122 valence electrons. The second kappa shape index (κ2) is 9.11. The van der Waals surface area contributed by atoms with Gasteiger partial charge in [0, 0.05) is 19.0 Å². The summed E-state index contributed by atoms with van der Waals surface area (Å²) in [7, 11) is 0. The SMILES string of the molecule is CCc1ccc(CNC(CCC(=O)O)Cc2ccccc2)cc1. The molecule has 0 aliphatic heterocycles. The smallest absolute Gasteiger partial charge is 0.303 e. The van der Waals surface area contributed by atoms with E-state index in [2.05, 4.69) is 48.6 Å². The summed E-state index contributed by atoms with van der Waals surface area (Å²) in [6, 6.07) is 19.0. The van der Waals surface area contributed by atoms with Crippen LogP contribution < -0.4 is 5.32 Å². The third-order valence-corrected chi connectivity index (χ3v) is 4.06. The van der Waals surface area contributed by atoms with Gasteiger partial charge in [0.1, 0.15) is 0 Å². The lowest BCUT2D eigenvalue weighted by atomic mass is 10.0. The monoisotopic (exact) mass is 311 g/mol. The first-order valence-electron chi connectivity index (χ1n) is 8.24. The van der Waals surface area contributed by atoms with E-state index in [1.807, 2.05) is 18.2 Å². The van der Waals surface area contributed by atoms with Gasteiger partial charge >= 0.3 is 5.97 Å². The van der Waals surface area contributed by atoms with Crippen LogP contribution in [-0.2, 0) is 24.2 Å². The van der Waals surface area contributed by atoms with Crippen molar-refractivity contribution >= 4 is 5.97 Å². The number of carboxylic acids is 1. The fourth-order valence-corrected chi connectivity index (χ4v) is 2.63. The quantitative estimate of drug-likeness (QED) is 0.740. The second-order valence-electron chi connectivity index (χ2n) is 5.87. The van der Waals surface area contributed by atoms with Crippen LogP contribution in [0.15, 0.2) is 54.6 Å². The van der Waals surface area contributed by atoms with Crippen molar-refractivity contribution < 1.29 is 9.90 Å². The first kappa shape index (κ1) is 17.2. The van der Waals surface area contributed by atoms with Gasteiger partial charge in [-0.3, -0.25) is 4.79 Å². The summed E-state index contributed by atoms with van der Waals surface area (Å²) in [6.07, 6.45) is 2.72. The first-order chi connectivity index (χ1) is 11.2. The maximum absolute atomic E-state index is 10.9. The summed E-state index contributed by atoms with van der Waals surface area (Å²) in [6.45, 7) is 2.91. The number of carboxylic acid groups (broad SMARTS) is 1. The van der Waals surface area contributed by atoms with Crippen LogP contribution in [0, 0.1) is 0 Å². The topological polar surface area (TPSA) is 49.3 Å². The van der Waals surface area contributed by atoms with E-state index >= 15 is 0 Å². The molecule has 0 aliphatic carbocycles. The van der Waals surface area contributed by atoms with Crippen molar-refractivity contribution in [3.63, 3.8) is 0 Å². The Kier molecular flexibility index (Phi) is 6.82. The maximum atomic E-state index is 10.9. The van der Waals surface area contributed by atoms with E-state index in [4.69, 9.17) is 5.11 Å². The average Bonchev–Trinajstić information content (AvgIpc) is 2.58. The lowest BCUT2D eigenvalue weighted by Gasteiger charge is -2.18. The van der Waals surface area contributed by atoms with Crippen LogP contribution in [-0.4, -0.2) is 17.1 Å². The molecular formula is C20H25NO2. The van der Waals surface area contributed by atoms with Crippen molar-refractivity contribution in [2.45, 2.75) is 45.2 Å². The number of benzene rings is 2. The van der Waals surface area contributed by atoms with Crippen molar-refractivity contribution in [2.75, 3.05) is 0 Å². The van der Waals surface area contributed by atoms with Gasteiger partial charge in [0.2, 0.25) is 0 Å². The minimum absolute atomic E-state index is 0.166. The van der Waals surface area contributed by atoms with E-state index in [1.54, 1.807) is 0 Å². The molecule has 2 N–H and O–H groups in total. The predicted octanol–water partition coefficient (Wildman–Crippen LogP) is 3.81. The third kappa shape index (κ3) is 6.25. The second-order valence-corrected chi connectivity index (χ2v) is 5.87. The fraction of sp³-hybridized carbons (Fsp3) is 0.350. The number of rotatable bonds is 9. The van der Waals surface area contributed by atoms with Gasteiger partial charge in [-0.05, 0) is 36.0 Å². The molecule has 0 saturated carbocycles. The Bertz CT molecular complexity index is 593. The Hall–Kier alpha value is -2.13. The summed E-state index contributed by atoms with van der Waals surface area (Å²) in [5.74, 6) is -0.739. The van der Waals surface area contributed by atoms with Gasteiger partial charge < -0.3 is 10.4 Å². The van der Waals surface area contributed by atoms with E-state index < -0.39 is 5.97 Å². The summed E-state index contributed by atoms with van der Waals surface area (Å²) >= 11 is 0. The molecule has 0 bridgehead atoms. The minimum Gasteiger partial charge on any atom is -0.481 e. The number of nitrogens with one attached hydrogen (secondary N) is 1. The molecule has 0 heterocycles. The van der Waals surface area contributed by atoms with E-state index in [0.717, 1.165) is 19.4 Å². The number of aliphatic carboxylic acids is 1. The molecule has 0 radical (unpaired) electrons. The number of aryl methyl sites for hydroxylation is 1. The molecule has 0 amide bonds.